The van der Waals surface area contributed by atoms with E-state index in [4.69, 9.17) is 0 Å². The second kappa shape index (κ2) is 16.1. The summed E-state index contributed by atoms with van der Waals surface area (Å²) in [7, 11) is -4.38. The molecule has 0 radical (unpaired) electrons. The smallest absolute Gasteiger partial charge is 0.295 e. The normalized spacial score (nSPS) is 11.3. The number of amides is 2. The number of carbonyl (C=O) groups excluding carboxylic acids is 2. The Balaban J connectivity index is 1.26. The number of nitrogens with one attached hydrogen (secondary N) is 3. The fourth-order valence-electron chi connectivity index (χ4n) is 3.96. The highest BCUT2D eigenvalue weighted by molar-refractivity contribution is 7.86. The van der Waals surface area contributed by atoms with Crippen molar-refractivity contribution in [2.45, 2.75) is 49.8 Å². The first kappa shape index (κ1) is 31.2. The molecule has 11 nitrogen and oxygen atoms in total. The van der Waals surface area contributed by atoms with Crippen LogP contribution in [0.25, 0.3) is 0 Å². The number of phenolic OH excluding ortho intramolecular Hbond substituents is 1. The molecule has 12 heteroatoms. The molecule has 3 rings (SSSR count). The lowest BCUT2D eigenvalue weighted by atomic mass is 10.0. The predicted octanol–water partition coefficient (Wildman–Crippen LogP) is 3.91. The lowest BCUT2D eigenvalue weighted by molar-refractivity contribution is -0.121. The van der Waals surface area contributed by atoms with Crippen LogP contribution < -0.4 is 16.1 Å². The SMILES string of the molecule is O=C(CCCCCCCc1ccc(O)cc1)NCCNC(=O)c1ccc(N/N=C/c2ccccc2S(=O)(=O)O)nc1. The van der Waals surface area contributed by atoms with E-state index in [9.17, 15) is 27.7 Å². The summed E-state index contributed by atoms with van der Waals surface area (Å²) in [6, 6.07) is 16.2. The van der Waals surface area contributed by atoms with Gasteiger partial charge >= 0.3 is 0 Å². The van der Waals surface area contributed by atoms with E-state index in [0.29, 0.717) is 24.3 Å². The van der Waals surface area contributed by atoms with Crippen LogP contribution in [0.1, 0.15) is 60.0 Å². The molecule has 0 saturated heterocycles. The highest BCUT2D eigenvalue weighted by Gasteiger charge is 2.13. The van der Waals surface area contributed by atoms with E-state index in [0.717, 1.165) is 38.5 Å². The molecule has 5 N–H and O–H groups in total. The zero-order chi connectivity index (χ0) is 29.5. The molecule has 0 aliphatic carbocycles. The molecule has 3 aromatic rings. The fraction of sp³-hybridized carbons (Fsp3) is 0.310. The first-order valence-electron chi connectivity index (χ1n) is 13.4. The molecule has 0 fully saturated rings. The maximum Gasteiger partial charge on any atom is 0.295 e. The quantitative estimate of drug-likeness (QED) is 0.0734. The Morgan fingerprint density at radius 2 is 1.59 bits per heavy atom. The van der Waals surface area contributed by atoms with E-state index >= 15 is 0 Å². The topological polar surface area (TPSA) is 170 Å². The zero-order valence-corrected chi connectivity index (χ0v) is 23.4. The molecule has 2 aromatic carbocycles. The second-order valence-electron chi connectivity index (χ2n) is 9.36. The number of unbranched alkanes of at least 4 members (excludes halogenated alkanes) is 4. The Kier molecular flexibility index (Phi) is 12.3. The summed E-state index contributed by atoms with van der Waals surface area (Å²) in [6.07, 6.45) is 9.08. The third-order valence-electron chi connectivity index (χ3n) is 6.14. The Labute approximate surface area is 239 Å². The summed E-state index contributed by atoms with van der Waals surface area (Å²) in [4.78, 5) is 28.2. The van der Waals surface area contributed by atoms with Gasteiger partial charge in [-0.2, -0.15) is 13.5 Å². The van der Waals surface area contributed by atoms with Gasteiger partial charge in [0, 0.05) is 31.3 Å². The van der Waals surface area contributed by atoms with Crippen LogP contribution in [0.5, 0.6) is 5.75 Å². The molecule has 218 valence electrons. The minimum absolute atomic E-state index is 0.0415. The average molecular weight is 582 g/mol. The first-order valence-corrected chi connectivity index (χ1v) is 14.8. The Morgan fingerprint density at radius 3 is 2.32 bits per heavy atom. The van der Waals surface area contributed by atoms with Crippen molar-refractivity contribution in [3.63, 3.8) is 0 Å². The standard InChI is InChI=1S/C29H35N5O6S/c35-25-15-12-22(13-16-25)8-4-2-1-3-5-11-28(36)30-18-19-31-29(37)24-14-17-27(32-20-24)34-33-21-23-9-6-7-10-26(23)41(38,39)40/h6-7,9-10,12-17,20-21,35H,1-5,8,11,18-19H2,(H,30,36)(H,31,37)(H,32,34)(H,38,39,40)/b33-21+. The maximum absolute atomic E-state index is 12.3. The number of hydrazone groups is 1. The molecule has 0 atom stereocenters. The van der Waals surface area contributed by atoms with Crippen molar-refractivity contribution < 1.29 is 27.7 Å². The average Bonchev–Trinajstić information content (AvgIpc) is 2.96. The van der Waals surface area contributed by atoms with Gasteiger partial charge in [-0.05, 0) is 55.2 Å². The summed E-state index contributed by atoms with van der Waals surface area (Å²) < 4.78 is 32.2. The minimum atomic E-state index is -4.38. The van der Waals surface area contributed by atoms with E-state index in [2.05, 4.69) is 26.1 Å². The molecular formula is C29H35N5O6S. The number of aryl methyl sites for hydroxylation is 1. The molecule has 2 amide bonds. The van der Waals surface area contributed by atoms with Crippen molar-refractivity contribution in [3.05, 3.63) is 83.6 Å². The van der Waals surface area contributed by atoms with Crippen LogP contribution in [0.2, 0.25) is 0 Å². The van der Waals surface area contributed by atoms with E-state index in [-0.39, 0.29) is 34.6 Å². The molecule has 0 unspecified atom stereocenters. The molecule has 0 aliphatic heterocycles. The van der Waals surface area contributed by atoms with Gasteiger partial charge in [0.15, 0.2) is 0 Å². The minimum Gasteiger partial charge on any atom is -0.508 e. The van der Waals surface area contributed by atoms with Gasteiger partial charge < -0.3 is 15.7 Å². The molecule has 0 saturated carbocycles. The molecule has 1 heterocycles. The van der Waals surface area contributed by atoms with Crippen LogP contribution in [0, 0.1) is 0 Å². The van der Waals surface area contributed by atoms with E-state index in [1.165, 1.54) is 42.2 Å². The molecular weight excluding hydrogens is 546 g/mol. The summed E-state index contributed by atoms with van der Waals surface area (Å²) in [5, 5.41) is 18.8. The molecule has 41 heavy (non-hydrogen) atoms. The van der Waals surface area contributed by atoms with Gasteiger partial charge in [0.05, 0.1) is 11.8 Å². The third kappa shape index (κ3) is 11.4. The number of aromatic hydroxyl groups is 1. The van der Waals surface area contributed by atoms with Crippen molar-refractivity contribution >= 4 is 34.0 Å². The van der Waals surface area contributed by atoms with Gasteiger partial charge in [-0.1, -0.05) is 49.6 Å². The summed E-state index contributed by atoms with van der Waals surface area (Å²) in [5.74, 6) is 0.227. The molecule has 0 spiro atoms. The summed E-state index contributed by atoms with van der Waals surface area (Å²) >= 11 is 0. The lowest BCUT2D eigenvalue weighted by Gasteiger charge is -2.08. The van der Waals surface area contributed by atoms with Gasteiger partial charge in [0.1, 0.15) is 16.5 Å². The van der Waals surface area contributed by atoms with Gasteiger partial charge in [-0.3, -0.25) is 19.6 Å². The number of nitrogens with zero attached hydrogens (tertiary/aromatic N) is 2. The summed E-state index contributed by atoms with van der Waals surface area (Å²) in [6.45, 7) is 0.601. The monoisotopic (exact) mass is 581 g/mol. The van der Waals surface area contributed by atoms with Crippen LogP contribution in [0.3, 0.4) is 0 Å². The zero-order valence-electron chi connectivity index (χ0n) is 22.6. The first-order chi connectivity index (χ1) is 19.7. The maximum atomic E-state index is 12.3. The van der Waals surface area contributed by atoms with Gasteiger partial charge in [-0.15, -0.1) is 0 Å². The number of hydrogen-bond donors (Lipinski definition) is 5. The Hall–Kier alpha value is -4.29. The number of phenols is 1. The summed E-state index contributed by atoms with van der Waals surface area (Å²) in [5.41, 5.74) is 4.37. The van der Waals surface area contributed by atoms with Crippen LogP contribution in [-0.4, -0.2) is 54.2 Å². The Bertz CT molecular complexity index is 1410. The Morgan fingerprint density at radius 1 is 0.878 bits per heavy atom. The third-order valence-corrected chi connectivity index (χ3v) is 7.07. The van der Waals surface area contributed by atoms with Crippen molar-refractivity contribution in [1.29, 1.82) is 0 Å². The van der Waals surface area contributed by atoms with Crippen molar-refractivity contribution in [2.75, 3.05) is 18.5 Å². The number of hydrogen-bond acceptors (Lipinski definition) is 8. The van der Waals surface area contributed by atoms with Crippen LogP contribution in [0.4, 0.5) is 5.82 Å². The van der Waals surface area contributed by atoms with Crippen LogP contribution in [-0.2, 0) is 21.3 Å². The van der Waals surface area contributed by atoms with E-state index in [1.54, 1.807) is 24.3 Å². The van der Waals surface area contributed by atoms with Gasteiger partial charge in [0.2, 0.25) is 5.91 Å². The largest absolute Gasteiger partial charge is 0.508 e. The lowest BCUT2D eigenvalue weighted by Crippen LogP contribution is -2.34. The fourth-order valence-corrected chi connectivity index (χ4v) is 4.63. The molecule has 1 aromatic heterocycles. The van der Waals surface area contributed by atoms with Crippen molar-refractivity contribution in [1.82, 2.24) is 15.6 Å². The van der Waals surface area contributed by atoms with E-state index in [1.807, 2.05) is 12.1 Å². The number of anilines is 1. The van der Waals surface area contributed by atoms with Crippen molar-refractivity contribution in [2.24, 2.45) is 5.10 Å². The van der Waals surface area contributed by atoms with Crippen molar-refractivity contribution in [3.8, 4) is 5.75 Å². The van der Waals surface area contributed by atoms with Gasteiger partial charge in [-0.25, -0.2) is 4.98 Å². The number of aromatic nitrogens is 1. The molecule has 0 aliphatic rings. The molecule has 0 bridgehead atoms. The van der Waals surface area contributed by atoms with E-state index < -0.39 is 10.1 Å². The van der Waals surface area contributed by atoms with Crippen LogP contribution >= 0.6 is 0 Å². The number of pyridine rings is 1. The van der Waals surface area contributed by atoms with Gasteiger partial charge in [0.25, 0.3) is 16.0 Å². The number of benzene rings is 2. The van der Waals surface area contributed by atoms with Crippen LogP contribution in [0.15, 0.2) is 76.9 Å². The predicted molar refractivity (Wildman–Crippen MR) is 157 cm³/mol. The second-order valence-corrected chi connectivity index (χ2v) is 10.7. The highest BCUT2D eigenvalue weighted by Crippen LogP contribution is 2.14. The number of carbonyl (C=O) groups is 2. The number of rotatable bonds is 16. The highest BCUT2D eigenvalue weighted by atomic mass is 32.2.